The Morgan fingerprint density at radius 2 is 2.00 bits per heavy atom. The van der Waals surface area contributed by atoms with Crippen LogP contribution in [0, 0.1) is 20.8 Å². The number of aromatic amines is 1. The number of hydrogen-bond donors (Lipinski definition) is 2. The van der Waals surface area contributed by atoms with E-state index >= 15 is 0 Å². The second kappa shape index (κ2) is 5.82. The molecule has 6 nitrogen and oxygen atoms in total. The monoisotopic (exact) mass is 333 g/mol. The molecule has 0 aliphatic rings. The molecule has 2 aromatic heterocycles. The van der Waals surface area contributed by atoms with Crippen molar-refractivity contribution in [1.82, 2.24) is 14.9 Å². The summed E-state index contributed by atoms with van der Waals surface area (Å²) >= 11 is 0. The number of H-pyrrole nitrogens is 1. The van der Waals surface area contributed by atoms with Crippen molar-refractivity contribution in [2.75, 3.05) is 6.54 Å². The third-order valence-electron chi connectivity index (χ3n) is 3.76. The maximum atomic E-state index is 12.3. The van der Waals surface area contributed by atoms with Gasteiger partial charge in [-0.2, -0.15) is 0 Å². The Morgan fingerprint density at radius 1 is 1.22 bits per heavy atom. The molecule has 0 aliphatic carbocycles. The van der Waals surface area contributed by atoms with Crippen LogP contribution < -0.4 is 4.72 Å². The van der Waals surface area contributed by atoms with Crippen LogP contribution in [0.3, 0.4) is 0 Å². The molecule has 2 heterocycles. The van der Waals surface area contributed by atoms with Crippen molar-refractivity contribution in [3.05, 3.63) is 47.0 Å². The Kier molecular flexibility index (Phi) is 3.99. The lowest BCUT2D eigenvalue weighted by Crippen LogP contribution is -2.26. The first kappa shape index (κ1) is 15.8. The molecule has 0 bridgehead atoms. The molecule has 0 fully saturated rings. The number of aryl methyl sites for hydroxylation is 3. The Morgan fingerprint density at radius 3 is 2.70 bits per heavy atom. The molecule has 7 heteroatoms. The maximum Gasteiger partial charge on any atom is 0.245 e. The van der Waals surface area contributed by atoms with Crippen molar-refractivity contribution in [3.8, 4) is 0 Å². The van der Waals surface area contributed by atoms with Crippen LogP contribution in [0.1, 0.15) is 22.7 Å². The highest BCUT2D eigenvalue weighted by Crippen LogP contribution is 2.19. The summed E-state index contributed by atoms with van der Waals surface area (Å²) in [6.45, 7) is 5.54. The van der Waals surface area contributed by atoms with Crippen LogP contribution in [0.15, 0.2) is 33.7 Å². The number of nitrogens with zero attached hydrogens (tertiary/aromatic N) is 1. The third kappa shape index (κ3) is 3.16. The normalized spacial score (nSPS) is 12.1. The van der Waals surface area contributed by atoms with Crippen LogP contribution in [0.4, 0.5) is 0 Å². The molecule has 0 atom stereocenters. The summed E-state index contributed by atoms with van der Waals surface area (Å²) in [4.78, 5) is 3.40. The molecule has 0 radical (unpaired) electrons. The van der Waals surface area contributed by atoms with Crippen LogP contribution in [0.2, 0.25) is 0 Å². The molecule has 3 rings (SSSR count). The highest BCUT2D eigenvalue weighted by atomic mass is 32.2. The molecule has 3 aromatic rings. The Labute approximate surface area is 134 Å². The van der Waals surface area contributed by atoms with E-state index < -0.39 is 10.0 Å². The zero-order valence-corrected chi connectivity index (χ0v) is 14.1. The van der Waals surface area contributed by atoms with Crippen LogP contribution in [-0.4, -0.2) is 25.1 Å². The highest BCUT2D eigenvalue weighted by Gasteiger charge is 2.23. The lowest BCUT2D eigenvalue weighted by atomic mass is 10.1. The molecule has 0 unspecified atom stereocenters. The lowest BCUT2D eigenvalue weighted by Gasteiger charge is -2.06. The maximum absolute atomic E-state index is 12.3. The molecule has 0 amide bonds. The molecular formula is C16H19N3O3S. The Hall–Kier alpha value is -2.12. The van der Waals surface area contributed by atoms with E-state index in [9.17, 15) is 8.42 Å². The van der Waals surface area contributed by atoms with E-state index in [-0.39, 0.29) is 4.90 Å². The van der Waals surface area contributed by atoms with Gasteiger partial charge in [0.2, 0.25) is 10.0 Å². The van der Waals surface area contributed by atoms with Crippen LogP contribution in [0.25, 0.3) is 10.9 Å². The minimum Gasteiger partial charge on any atom is -0.360 e. The van der Waals surface area contributed by atoms with E-state index in [1.807, 2.05) is 19.1 Å². The largest absolute Gasteiger partial charge is 0.360 e. The summed E-state index contributed by atoms with van der Waals surface area (Å²) < 4.78 is 32.2. The summed E-state index contributed by atoms with van der Waals surface area (Å²) in [5.41, 5.74) is 3.65. The van der Waals surface area contributed by atoms with Gasteiger partial charge in [0.15, 0.2) is 5.76 Å². The molecule has 0 saturated carbocycles. The number of sulfonamides is 1. The van der Waals surface area contributed by atoms with Gasteiger partial charge in [-0.25, -0.2) is 13.1 Å². The zero-order chi connectivity index (χ0) is 16.6. The van der Waals surface area contributed by atoms with Gasteiger partial charge in [-0.1, -0.05) is 11.2 Å². The summed E-state index contributed by atoms with van der Waals surface area (Å²) in [5, 5.41) is 4.82. The van der Waals surface area contributed by atoms with Crippen molar-refractivity contribution >= 4 is 20.9 Å². The van der Waals surface area contributed by atoms with Gasteiger partial charge < -0.3 is 9.51 Å². The average molecular weight is 333 g/mol. The predicted octanol–water partition coefficient (Wildman–Crippen LogP) is 2.60. The molecule has 23 heavy (non-hydrogen) atoms. The van der Waals surface area contributed by atoms with E-state index in [1.165, 1.54) is 0 Å². The van der Waals surface area contributed by atoms with Crippen LogP contribution in [-0.2, 0) is 16.4 Å². The SMILES string of the molecule is Cc1cc2cc(CCNS(=O)(=O)c3c(C)noc3C)ccc2[nH]1. The number of rotatable bonds is 5. The quantitative estimate of drug-likeness (QED) is 0.751. The summed E-state index contributed by atoms with van der Waals surface area (Å²) in [7, 11) is -3.60. The Balaban J connectivity index is 1.70. The van der Waals surface area contributed by atoms with E-state index in [1.54, 1.807) is 13.8 Å². The zero-order valence-electron chi connectivity index (χ0n) is 13.3. The van der Waals surface area contributed by atoms with Gasteiger partial charge in [0.1, 0.15) is 10.6 Å². The first-order chi connectivity index (χ1) is 10.9. The van der Waals surface area contributed by atoms with Gasteiger partial charge in [0.25, 0.3) is 0 Å². The standard InChI is InChI=1S/C16H19N3O3S/c1-10-8-14-9-13(4-5-15(14)18-10)6-7-17-23(20,21)16-11(2)19-22-12(16)3/h4-5,8-9,17-18H,6-7H2,1-3H3. The second-order valence-electron chi connectivity index (χ2n) is 5.68. The van der Waals surface area contributed by atoms with Gasteiger partial charge in [-0.15, -0.1) is 0 Å². The first-order valence-corrected chi connectivity index (χ1v) is 8.86. The van der Waals surface area contributed by atoms with Crippen molar-refractivity contribution in [2.45, 2.75) is 32.1 Å². The van der Waals surface area contributed by atoms with Crippen molar-refractivity contribution < 1.29 is 12.9 Å². The molecule has 122 valence electrons. The van der Waals surface area contributed by atoms with Crippen molar-refractivity contribution in [2.24, 2.45) is 0 Å². The number of benzene rings is 1. The number of aromatic nitrogens is 2. The summed E-state index contributed by atoms with van der Waals surface area (Å²) in [6, 6.07) is 8.17. The van der Waals surface area contributed by atoms with Gasteiger partial charge in [0.05, 0.1) is 0 Å². The number of fused-ring (bicyclic) bond motifs is 1. The minimum atomic E-state index is -3.60. The Bertz CT molecular complexity index is 935. The van der Waals surface area contributed by atoms with Crippen molar-refractivity contribution in [3.63, 3.8) is 0 Å². The van der Waals surface area contributed by atoms with E-state index in [0.717, 1.165) is 22.2 Å². The predicted molar refractivity (Wildman–Crippen MR) is 87.9 cm³/mol. The van der Waals surface area contributed by atoms with Gasteiger partial charge in [-0.05, 0) is 56.3 Å². The fraction of sp³-hybridized carbons (Fsp3) is 0.312. The third-order valence-corrected chi connectivity index (χ3v) is 5.47. The van der Waals surface area contributed by atoms with Gasteiger partial charge in [-0.3, -0.25) is 0 Å². The van der Waals surface area contributed by atoms with Crippen LogP contribution in [0.5, 0.6) is 0 Å². The molecule has 2 N–H and O–H groups in total. The topological polar surface area (TPSA) is 88.0 Å². The van der Waals surface area contributed by atoms with Crippen LogP contribution >= 0.6 is 0 Å². The average Bonchev–Trinajstić information content (AvgIpc) is 3.00. The summed E-state index contributed by atoms with van der Waals surface area (Å²) in [6.07, 6.45) is 0.614. The summed E-state index contributed by atoms with van der Waals surface area (Å²) in [5.74, 6) is 0.305. The highest BCUT2D eigenvalue weighted by molar-refractivity contribution is 7.89. The van der Waals surface area contributed by atoms with Gasteiger partial charge >= 0.3 is 0 Å². The number of nitrogens with one attached hydrogen (secondary N) is 2. The first-order valence-electron chi connectivity index (χ1n) is 7.37. The van der Waals surface area contributed by atoms with Crippen molar-refractivity contribution in [1.29, 1.82) is 0 Å². The molecule has 0 saturated heterocycles. The molecular weight excluding hydrogens is 314 g/mol. The fourth-order valence-corrected chi connectivity index (χ4v) is 4.10. The van der Waals surface area contributed by atoms with Gasteiger partial charge in [0, 0.05) is 17.8 Å². The number of hydrogen-bond acceptors (Lipinski definition) is 4. The van der Waals surface area contributed by atoms with E-state index in [2.05, 4.69) is 27.0 Å². The minimum absolute atomic E-state index is 0.134. The van der Waals surface area contributed by atoms with E-state index in [4.69, 9.17) is 4.52 Å². The lowest BCUT2D eigenvalue weighted by molar-refractivity contribution is 0.390. The fourth-order valence-electron chi connectivity index (χ4n) is 2.74. The molecule has 0 spiro atoms. The molecule has 1 aromatic carbocycles. The smallest absolute Gasteiger partial charge is 0.245 e. The van der Waals surface area contributed by atoms with E-state index in [0.29, 0.717) is 24.4 Å². The second-order valence-corrected chi connectivity index (χ2v) is 7.38. The molecule has 0 aliphatic heterocycles.